The molecule has 0 aliphatic heterocycles. The molecular weight excluding hydrogens is 438 g/mol. The lowest BCUT2D eigenvalue weighted by atomic mass is 10.1. The molecule has 4 aromatic rings. The quantitative estimate of drug-likeness (QED) is 0.345. The molecule has 0 bridgehead atoms. The van der Waals surface area contributed by atoms with Crippen molar-refractivity contribution in [3.8, 4) is 0 Å². The number of halogens is 1. The number of carboxylic acid groups (broad SMARTS) is 1. The first-order valence-corrected chi connectivity index (χ1v) is 11.1. The molecule has 1 N–H and O–H groups in total. The molecule has 0 saturated heterocycles. The predicted octanol–water partition coefficient (Wildman–Crippen LogP) is 5.26. The first kappa shape index (κ1) is 22.6. The van der Waals surface area contributed by atoms with Crippen LogP contribution in [0.5, 0.6) is 0 Å². The molecule has 0 fully saturated rings. The van der Waals surface area contributed by atoms with E-state index in [0.717, 1.165) is 24.1 Å². The van der Waals surface area contributed by atoms with Gasteiger partial charge in [-0.3, -0.25) is 9.48 Å². The maximum atomic E-state index is 12.9. The second-order valence-electron chi connectivity index (χ2n) is 8.00. The average molecular weight is 462 g/mol. The Bertz CT molecular complexity index is 1290. The summed E-state index contributed by atoms with van der Waals surface area (Å²) in [6.45, 7) is 3.03. The summed E-state index contributed by atoms with van der Waals surface area (Å²) in [5, 5.41) is 14.5. The van der Waals surface area contributed by atoms with Gasteiger partial charge in [0.15, 0.2) is 0 Å². The average Bonchev–Trinajstić information content (AvgIpc) is 3.43. The minimum Gasteiger partial charge on any atom is -0.478 e. The molecule has 0 unspecified atom stereocenters. The van der Waals surface area contributed by atoms with Crippen molar-refractivity contribution >= 4 is 23.4 Å². The highest BCUT2D eigenvalue weighted by Crippen LogP contribution is 2.18. The van der Waals surface area contributed by atoms with E-state index < -0.39 is 5.97 Å². The summed E-state index contributed by atoms with van der Waals surface area (Å²) < 4.78 is 3.69. The van der Waals surface area contributed by atoms with Gasteiger partial charge in [0.25, 0.3) is 0 Å². The molecule has 0 spiro atoms. The molecule has 6 nitrogen and oxygen atoms in total. The summed E-state index contributed by atoms with van der Waals surface area (Å²) in [5.74, 6) is -0.975. The maximum absolute atomic E-state index is 12.9. The van der Waals surface area contributed by atoms with Crippen LogP contribution in [0.3, 0.4) is 0 Å². The van der Waals surface area contributed by atoms with E-state index >= 15 is 0 Å². The lowest BCUT2D eigenvalue weighted by molar-refractivity contribution is 0.0695. The third-order valence-corrected chi connectivity index (χ3v) is 5.77. The van der Waals surface area contributed by atoms with Crippen LogP contribution in [0.2, 0.25) is 5.02 Å². The smallest absolute Gasteiger partial charge is 0.336 e. The van der Waals surface area contributed by atoms with Gasteiger partial charge in [0.1, 0.15) is 0 Å². The standard InChI is InChI=1S/C26H24ClN3O3/c1-18-6-8-19(9-7-18)25(31)24-5-3-14-29(24)13-2-4-22-12-15-30(28-22)17-20-16-21(27)10-11-23(20)26(32)33/h3,5-12,14-16H,2,4,13,17H2,1H3,(H,32,33). The number of aryl methyl sites for hydroxylation is 3. The van der Waals surface area contributed by atoms with Crippen molar-refractivity contribution in [2.75, 3.05) is 0 Å². The topological polar surface area (TPSA) is 77.1 Å². The molecule has 2 aromatic carbocycles. The molecule has 7 heteroatoms. The predicted molar refractivity (Wildman–Crippen MR) is 127 cm³/mol. The van der Waals surface area contributed by atoms with Crippen LogP contribution in [-0.2, 0) is 19.5 Å². The zero-order valence-electron chi connectivity index (χ0n) is 18.2. The molecule has 0 atom stereocenters. The number of carbonyl (C=O) groups is 2. The number of carbonyl (C=O) groups excluding carboxylic acids is 1. The number of hydrogen-bond donors (Lipinski definition) is 1. The first-order chi connectivity index (χ1) is 15.9. The normalized spacial score (nSPS) is 11.0. The number of carboxylic acids is 1. The number of aromatic carboxylic acids is 1. The van der Waals surface area contributed by atoms with Crippen LogP contribution in [0, 0.1) is 6.92 Å². The van der Waals surface area contributed by atoms with Crippen molar-refractivity contribution in [2.45, 2.75) is 32.9 Å². The summed E-state index contributed by atoms with van der Waals surface area (Å²) in [6.07, 6.45) is 5.32. The van der Waals surface area contributed by atoms with Crippen LogP contribution in [0.15, 0.2) is 73.1 Å². The Morgan fingerprint density at radius 2 is 1.82 bits per heavy atom. The van der Waals surface area contributed by atoms with Gasteiger partial charge >= 0.3 is 5.97 Å². The number of nitrogens with zero attached hydrogens (tertiary/aromatic N) is 3. The Kier molecular flexibility index (Phi) is 6.75. The maximum Gasteiger partial charge on any atom is 0.336 e. The van der Waals surface area contributed by atoms with Crippen LogP contribution in [0.4, 0.5) is 0 Å². The fourth-order valence-corrected chi connectivity index (χ4v) is 3.99. The fraction of sp³-hybridized carbons (Fsp3) is 0.192. The van der Waals surface area contributed by atoms with E-state index in [1.165, 1.54) is 6.07 Å². The molecule has 0 saturated carbocycles. The van der Waals surface area contributed by atoms with E-state index in [9.17, 15) is 14.7 Å². The van der Waals surface area contributed by atoms with Gasteiger partial charge < -0.3 is 9.67 Å². The van der Waals surface area contributed by atoms with Crippen molar-refractivity contribution in [3.63, 3.8) is 0 Å². The summed E-state index contributed by atoms with van der Waals surface area (Å²) >= 11 is 6.04. The van der Waals surface area contributed by atoms with Crippen LogP contribution in [0.1, 0.15) is 49.7 Å². The molecule has 168 valence electrons. The van der Waals surface area contributed by atoms with Crippen molar-refractivity contribution < 1.29 is 14.7 Å². The Hall–Kier alpha value is -3.64. The van der Waals surface area contributed by atoms with E-state index in [1.807, 2.05) is 66.3 Å². The van der Waals surface area contributed by atoms with Crippen molar-refractivity contribution in [3.05, 3.63) is 112 Å². The molecular formula is C26H24ClN3O3. The van der Waals surface area contributed by atoms with E-state index in [0.29, 0.717) is 34.9 Å². The molecule has 2 heterocycles. The molecule has 33 heavy (non-hydrogen) atoms. The third kappa shape index (κ3) is 5.41. The SMILES string of the molecule is Cc1ccc(C(=O)c2cccn2CCCc2ccn(Cc3cc(Cl)ccc3C(=O)O)n2)cc1. The van der Waals surface area contributed by atoms with Gasteiger partial charge in [0, 0.05) is 29.5 Å². The number of hydrogen-bond acceptors (Lipinski definition) is 3. The van der Waals surface area contributed by atoms with Crippen LogP contribution in [-0.4, -0.2) is 31.2 Å². The van der Waals surface area contributed by atoms with Gasteiger partial charge in [-0.1, -0.05) is 41.4 Å². The minimum atomic E-state index is -0.989. The number of aromatic nitrogens is 3. The summed E-state index contributed by atoms with van der Waals surface area (Å²) in [5.41, 5.74) is 4.21. The Morgan fingerprint density at radius 1 is 1.03 bits per heavy atom. The highest BCUT2D eigenvalue weighted by Gasteiger charge is 2.14. The zero-order valence-corrected chi connectivity index (χ0v) is 19.0. The number of rotatable bonds is 9. The van der Waals surface area contributed by atoms with Gasteiger partial charge in [0.2, 0.25) is 5.78 Å². The van der Waals surface area contributed by atoms with E-state index in [4.69, 9.17) is 11.6 Å². The van der Waals surface area contributed by atoms with Crippen molar-refractivity contribution in [2.24, 2.45) is 0 Å². The van der Waals surface area contributed by atoms with Crippen LogP contribution in [0.25, 0.3) is 0 Å². The Morgan fingerprint density at radius 3 is 2.58 bits per heavy atom. The first-order valence-electron chi connectivity index (χ1n) is 10.7. The lowest BCUT2D eigenvalue weighted by Gasteiger charge is -2.09. The largest absolute Gasteiger partial charge is 0.478 e. The minimum absolute atomic E-state index is 0.0139. The molecule has 0 aliphatic carbocycles. The van der Waals surface area contributed by atoms with Crippen LogP contribution < -0.4 is 0 Å². The zero-order chi connectivity index (χ0) is 23.4. The van der Waals surface area contributed by atoms with Gasteiger partial charge in [-0.2, -0.15) is 5.10 Å². The fourth-order valence-electron chi connectivity index (χ4n) is 3.80. The summed E-state index contributed by atoms with van der Waals surface area (Å²) in [6, 6.07) is 18.0. The van der Waals surface area contributed by atoms with Crippen molar-refractivity contribution in [1.82, 2.24) is 14.3 Å². The highest BCUT2D eigenvalue weighted by atomic mass is 35.5. The second kappa shape index (κ2) is 9.88. The molecule has 0 radical (unpaired) electrons. The van der Waals surface area contributed by atoms with Crippen molar-refractivity contribution in [1.29, 1.82) is 0 Å². The molecule has 2 aromatic heterocycles. The van der Waals surface area contributed by atoms with E-state index in [1.54, 1.807) is 16.8 Å². The summed E-state index contributed by atoms with van der Waals surface area (Å²) in [7, 11) is 0. The van der Waals surface area contributed by atoms with Gasteiger partial charge in [-0.15, -0.1) is 0 Å². The number of benzene rings is 2. The third-order valence-electron chi connectivity index (χ3n) is 5.53. The number of ketones is 1. The van der Waals surface area contributed by atoms with E-state index in [-0.39, 0.29) is 11.3 Å². The van der Waals surface area contributed by atoms with E-state index in [2.05, 4.69) is 5.10 Å². The highest BCUT2D eigenvalue weighted by molar-refractivity contribution is 6.30. The van der Waals surface area contributed by atoms with Gasteiger partial charge in [-0.25, -0.2) is 4.79 Å². The summed E-state index contributed by atoms with van der Waals surface area (Å²) in [4.78, 5) is 24.3. The molecule has 4 rings (SSSR count). The van der Waals surface area contributed by atoms with Crippen LogP contribution >= 0.6 is 11.6 Å². The Labute approximate surface area is 197 Å². The monoisotopic (exact) mass is 461 g/mol. The Balaban J connectivity index is 1.37. The van der Waals surface area contributed by atoms with Gasteiger partial charge in [0.05, 0.1) is 23.5 Å². The second-order valence-corrected chi connectivity index (χ2v) is 8.43. The molecule has 0 amide bonds. The molecule has 0 aliphatic rings. The van der Waals surface area contributed by atoms with Gasteiger partial charge in [-0.05, 0) is 61.7 Å². The lowest BCUT2D eigenvalue weighted by Crippen LogP contribution is -2.10.